The number of ether oxygens (including phenoxy) is 1. The van der Waals surface area contributed by atoms with Crippen molar-refractivity contribution in [2.75, 3.05) is 0 Å². The van der Waals surface area contributed by atoms with Crippen LogP contribution >= 0.6 is 15.9 Å². The van der Waals surface area contributed by atoms with Gasteiger partial charge < -0.3 is 4.74 Å². The summed E-state index contributed by atoms with van der Waals surface area (Å²) >= 11 is 3.67. The molecule has 0 saturated heterocycles. The Morgan fingerprint density at radius 3 is 2.42 bits per heavy atom. The maximum atomic E-state index is 5.98. The number of halogens is 1. The van der Waals surface area contributed by atoms with E-state index in [4.69, 9.17) is 4.74 Å². The smallest absolute Gasteiger partial charge is 0.0703 e. The van der Waals surface area contributed by atoms with Crippen molar-refractivity contribution in [3.63, 3.8) is 0 Å². The van der Waals surface area contributed by atoms with Gasteiger partial charge in [0.15, 0.2) is 0 Å². The van der Waals surface area contributed by atoms with Crippen LogP contribution in [0.2, 0.25) is 0 Å². The minimum absolute atomic E-state index is 0.480. The second-order valence-electron chi connectivity index (χ2n) is 3.56. The predicted octanol–water partition coefficient (Wildman–Crippen LogP) is 3.51. The molecule has 0 amide bonds. The number of hydrogen-bond acceptors (Lipinski definition) is 1. The largest absolute Gasteiger partial charge is 0.374 e. The van der Waals surface area contributed by atoms with Crippen molar-refractivity contribution in [1.29, 1.82) is 0 Å². The Hall–Kier alpha value is 0.440. The summed E-state index contributed by atoms with van der Waals surface area (Å²) in [5.41, 5.74) is 0. The van der Waals surface area contributed by atoms with Gasteiger partial charge in [-0.25, -0.2) is 0 Å². The van der Waals surface area contributed by atoms with Crippen LogP contribution in [0.4, 0.5) is 0 Å². The van der Waals surface area contributed by atoms with Crippen molar-refractivity contribution in [2.24, 2.45) is 0 Å². The van der Waals surface area contributed by atoms with Gasteiger partial charge in [0.2, 0.25) is 0 Å². The van der Waals surface area contributed by atoms with Gasteiger partial charge in [-0.1, -0.05) is 29.8 Å². The molecule has 72 valence electrons. The first-order valence-electron chi connectivity index (χ1n) is 5.07. The molecule has 1 fully saturated rings. The molecule has 0 aromatic rings. The monoisotopic (exact) mass is 234 g/mol. The van der Waals surface area contributed by atoms with Crippen LogP contribution in [0.1, 0.15) is 46.0 Å². The van der Waals surface area contributed by atoms with Gasteiger partial charge in [0.05, 0.1) is 12.2 Å². The number of hydrogen-bond donors (Lipinski definition) is 0. The predicted molar refractivity (Wildman–Crippen MR) is 55.8 cm³/mol. The van der Waals surface area contributed by atoms with Crippen molar-refractivity contribution < 1.29 is 4.74 Å². The van der Waals surface area contributed by atoms with Crippen molar-refractivity contribution in [2.45, 2.75) is 63.0 Å². The van der Waals surface area contributed by atoms with Crippen LogP contribution in [0, 0.1) is 0 Å². The molecule has 2 atom stereocenters. The molecule has 1 aliphatic carbocycles. The zero-order valence-corrected chi connectivity index (χ0v) is 9.64. The molecule has 0 radical (unpaired) electrons. The Labute approximate surface area is 84.0 Å². The molecule has 2 unspecified atom stereocenters. The quantitative estimate of drug-likeness (QED) is 0.677. The summed E-state index contributed by atoms with van der Waals surface area (Å²) in [5.74, 6) is 0. The SMILES string of the molecule is CCC(CC)OC1CCCC1Br. The van der Waals surface area contributed by atoms with E-state index >= 15 is 0 Å². The van der Waals surface area contributed by atoms with Crippen molar-refractivity contribution in [1.82, 2.24) is 0 Å². The molecule has 1 aliphatic rings. The van der Waals surface area contributed by atoms with E-state index in [1.54, 1.807) is 0 Å². The summed E-state index contributed by atoms with van der Waals surface area (Å²) in [6, 6.07) is 0. The molecule has 0 aliphatic heterocycles. The highest BCUT2D eigenvalue weighted by molar-refractivity contribution is 9.09. The maximum absolute atomic E-state index is 5.98. The maximum Gasteiger partial charge on any atom is 0.0703 e. The van der Waals surface area contributed by atoms with Gasteiger partial charge in [-0.3, -0.25) is 0 Å². The van der Waals surface area contributed by atoms with E-state index in [2.05, 4.69) is 29.8 Å². The lowest BCUT2D eigenvalue weighted by molar-refractivity contribution is -0.00795. The Morgan fingerprint density at radius 1 is 1.33 bits per heavy atom. The Bertz CT molecular complexity index is 123. The Kier molecular flexibility index (Phi) is 4.59. The van der Waals surface area contributed by atoms with E-state index in [9.17, 15) is 0 Å². The van der Waals surface area contributed by atoms with Crippen molar-refractivity contribution in [3.8, 4) is 0 Å². The Balaban J connectivity index is 2.28. The van der Waals surface area contributed by atoms with Gasteiger partial charge in [0.1, 0.15) is 0 Å². The third-order valence-electron chi connectivity index (χ3n) is 2.65. The van der Waals surface area contributed by atoms with Crippen LogP contribution in [0.5, 0.6) is 0 Å². The first-order chi connectivity index (χ1) is 5.77. The molecule has 2 heteroatoms. The third-order valence-corrected chi connectivity index (χ3v) is 3.70. The topological polar surface area (TPSA) is 9.23 Å². The fourth-order valence-corrected chi connectivity index (χ4v) is 2.48. The van der Waals surface area contributed by atoms with Gasteiger partial charge in [-0.05, 0) is 32.1 Å². The summed E-state index contributed by atoms with van der Waals surface area (Å²) in [6.07, 6.45) is 7.10. The minimum atomic E-state index is 0.480. The second kappa shape index (κ2) is 5.23. The van der Waals surface area contributed by atoms with Crippen molar-refractivity contribution in [3.05, 3.63) is 0 Å². The van der Waals surface area contributed by atoms with Crippen LogP contribution in [0.15, 0.2) is 0 Å². The van der Waals surface area contributed by atoms with E-state index < -0.39 is 0 Å². The summed E-state index contributed by atoms with van der Waals surface area (Å²) in [5, 5.41) is 0. The van der Waals surface area contributed by atoms with Gasteiger partial charge in [-0.2, -0.15) is 0 Å². The molecule has 0 spiro atoms. The average Bonchev–Trinajstić information content (AvgIpc) is 2.47. The standard InChI is InChI=1S/C10H19BrO/c1-3-8(4-2)12-10-7-5-6-9(10)11/h8-10H,3-7H2,1-2H3. The average molecular weight is 235 g/mol. The van der Waals surface area contributed by atoms with Gasteiger partial charge in [-0.15, -0.1) is 0 Å². The lowest BCUT2D eigenvalue weighted by atomic mass is 10.2. The second-order valence-corrected chi connectivity index (χ2v) is 4.74. The first-order valence-corrected chi connectivity index (χ1v) is 5.99. The van der Waals surface area contributed by atoms with E-state index in [0.29, 0.717) is 17.0 Å². The van der Waals surface area contributed by atoms with E-state index in [1.165, 1.54) is 19.3 Å². The fraction of sp³-hybridized carbons (Fsp3) is 1.00. The van der Waals surface area contributed by atoms with E-state index in [-0.39, 0.29) is 0 Å². The van der Waals surface area contributed by atoms with Crippen molar-refractivity contribution >= 4 is 15.9 Å². The van der Waals surface area contributed by atoms with Crippen LogP contribution in [0.3, 0.4) is 0 Å². The molecule has 0 aromatic heterocycles. The summed E-state index contributed by atoms with van der Waals surface area (Å²) < 4.78 is 5.98. The summed E-state index contributed by atoms with van der Waals surface area (Å²) in [6.45, 7) is 4.40. The summed E-state index contributed by atoms with van der Waals surface area (Å²) in [4.78, 5) is 0.609. The van der Waals surface area contributed by atoms with Gasteiger partial charge >= 0.3 is 0 Å². The minimum Gasteiger partial charge on any atom is -0.374 e. The summed E-state index contributed by atoms with van der Waals surface area (Å²) in [7, 11) is 0. The van der Waals surface area contributed by atoms with E-state index in [0.717, 1.165) is 12.8 Å². The van der Waals surface area contributed by atoms with Crippen LogP contribution in [-0.2, 0) is 4.74 Å². The molecule has 0 N–H and O–H groups in total. The Morgan fingerprint density at radius 2 is 2.00 bits per heavy atom. The highest BCUT2D eigenvalue weighted by Crippen LogP contribution is 2.29. The van der Waals surface area contributed by atoms with Gasteiger partial charge in [0, 0.05) is 4.83 Å². The van der Waals surface area contributed by atoms with Crippen LogP contribution < -0.4 is 0 Å². The molecule has 12 heavy (non-hydrogen) atoms. The lowest BCUT2D eigenvalue weighted by Crippen LogP contribution is -2.24. The molecular formula is C10H19BrO. The molecule has 0 bridgehead atoms. The number of rotatable bonds is 4. The van der Waals surface area contributed by atoms with E-state index in [1.807, 2.05) is 0 Å². The first kappa shape index (κ1) is 10.5. The molecule has 0 aromatic carbocycles. The lowest BCUT2D eigenvalue weighted by Gasteiger charge is -2.21. The normalized spacial score (nSPS) is 30.0. The molecular weight excluding hydrogens is 216 g/mol. The molecule has 1 saturated carbocycles. The highest BCUT2D eigenvalue weighted by Gasteiger charge is 2.27. The highest BCUT2D eigenvalue weighted by atomic mass is 79.9. The van der Waals surface area contributed by atoms with Crippen LogP contribution in [-0.4, -0.2) is 17.0 Å². The fourth-order valence-electron chi connectivity index (χ4n) is 1.76. The zero-order chi connectivity index (χ0) is 8.97. The molecule has 0 heterocycles. The number of alkyl halides is 1. The third kappa shape index (κ3) is 2.74. The zero-order valence-electron chi connectivity index (χ0n) is 8.05. The van der Waals surface area contributed by atoms with Gasteiger partial charge in [0.25, 0.3) is 0 Å². The molecule has 1 nitrogen and oxygen atoms in total. The van der Waals surface area contributed by atoms with Crippen LogP contribution in [0.25, 0.3) is 0 Å². The molecule has 1 rings (SSSR count).